The number of nitrogens with zero attached hydrogens (tertiary/aromatic N) is 4. The normalized spacial score (nSPS) is 21.8. The number of aliphatic hydroxyl groups excluding tert-OH is 1. The Kier molecular flexibility index (Phi) is 3.23. The summed E-state index contributed by atoms with van der Waals surface area (Å²) in [5.74, 6) is 0.429. The molecule has 0 radical (unpaired) electrons. The topological polar surface area (TPSA) is 62.1 Å². The van der Waals surface area contributed by atoms with Gasteiger partial charge in [0, 0.05) is 13.1 Å². The third-order valence-electron chi connectivity index (χ3n) is 2.25. The van der Waals surface area contributed by atoms with Crippen LogP contribution in [0.25, 0.3) is 0 Å². The highest BCUT2D eigenvalue weighted by molar-refractivity contribution is 6.31. The Labute approximate surface area is 97.1 Å². The van der Waals surface area contributed by atoms with Crippen LogP contribution in [0.3, 0.4) is 0 Å². The molecule has 0 aliphatic carbocycles. The highest BCUT2D eigenvalue weighted by atomic mass is 35.5. The second kappa shape index (κ2) is 4.47. The van der Waals surface area contributed by atoms with Crippen molar-refractivity contribution >= 4 is 29.2 Å². The van der Waals surface area contributed by atoms with E-state index in [9.17, 15) is 5.11 Å². The third-order valence-corrected chi connectivity index (χ3v) is 2.59. The largest absolute Gasteiger partial charge is 0.391 e. The lowest BCUT2D eigenvalue weighted by Crippen LogP contribution is -2.39. The minimum atomic E-state index is -0.340. The average Bonchev–Trinajstić information content (AvgIpc) is 2.16. The Morgan fingerprint density at radius 2 is 1.87 bits per heavy atom. The van der Waals surface area contributed by atoms with Gasteiger partial charge in [-0.25, -0.2) is 0 Å². The Balaban J connectivity index is 2.20. The zero-order valence-corrected chi connectivity index (χ0v) is 9.41. The molecule has 1 atom stereocenters. The standard InChI is InChI=1S/C8H10Cl2N4O/c9-6-11-7(10)13-8(12-6)14-3-1-2-5(15)4-14/h5,15H,1-4H2. The predicted molar refractivity (Wildman–Crippen MR) is 57.3 cm³/mol. The van der Waals surface area contributed by atoms with Crippen LogP contribution in [0, 0.1) is 0 Å². The molecule has 2 heterocycles. The van der Waals surface area contributed by atoms with E-state index < -0.39 is 0 Å². The van der Waals surface area contributed by atoms with E-state index in [1.165, 1.54) is 0 Å². The van der Waals surface area contributed by atoms with E-state index in [0.717, 1.165) is 19.4 Å². The number of rotatable bonds is 1. The Bertz CT molecular complexity index is 342. The van der Waals surface area contributed by atoms with E-state index >= 15 is 0 Å². The van der Waals surface area contributed by atoms with E-state index in [0.29, 0.717) is 12.5 Å². The summed E-state index contributed by atoms with van der Waals surface area (Å²) in [4.78, 5) is 13.5. The second-order valence-corrected chi connectivity index (χ2v) is 4.09. The monoisotopic (exact) mass is 248 g/mol. The number of hydrogen-bond acceptors (Lipinski definition) is 5. The van der Waals surface area contributed by atoms with Gasteiger partial charge in [0.1, 0.15) is 0 Å². The van der Waals surface area contributed by atoms with Crippen LogP contribution in [-0.4, -0.2) is 39.3 Å². The van der Waals surface area contributed by atoms with Gasteiger partial charge in [0.15, 0.2) is 0 Å². The van der Waals surface area contributed by atoms with Gasteiger partial charge in [0.25, 0.3) is 0 Å². The highest BCUT2D eigenvalue weighted by Crippen LogP contribution is 2.18. The van der Waals surface area contributed by atoms with Crippen LogP contribution in [0.2, 0.25) is 10.6 Å². The lowest BCUT2D eigenvalue weighted by Gasteiger charge is -2.29. The van der Waals surface area contributed by atoms with E-state index in [1.807, 2.05) is 4.90 Å². The Morgan fingerprint density at radius 1 is 1.20 bits per heavy atom. The molecule has 1 fully saturated rings. The highest BCUT2D eigenvalue weighted by Gasteiger charge is 2.20. The molecule has 0 amide bonds. The van der Waals surface area contributed by atoms with E-state index in [1.54, 1.807) is 0 Å². The average molecular weight is 249 g/mol. The minimum Gasteiger partial charge on any atom is -0.391 e. The van der Waals surface area contributed by atoms with Crippen molar-refractivity contribution in [2.45, 2.75) is 18.9 Å². The van der Waals surface area contributed by atoms with Crippen molar-refractivity contribution in [2.24, 2.45) is 0 Å². The summed E-state index contributed by atoms with van der Waals surface area (Å²) in [6.45, 7) is 1.31. The van der Waals surface area contributed by atoms with Crippen LogP contribution >= 0.6 is 23.2 Å². The lowest BCUT2D eigenvalue weighted by atomic mass is 10.1. The summed E-state index contributed by atoms with van der Waals surface area (Å²) >= 11 is 11.3. The van der Waals surface area contributed by atoms with Crippen molar-refractivity contribution in [2.75, 3.05) is 18.0 Å². The quantitative estimate of drug-likeness (QED) is 0.808. The van der Waals surface area contributed by atoms with Gasteiger partial charge in [-0.1, -0.05) is 0 Å². The maximum atomic E-state index is 9.50. The molecular weight excluding hydrogens is 239 g/mol. The molecule has 0 aromatic carbocycles. The van der Waals surface area contributed by atoms with Gasteiger partial charge in [0.2, 0.25) is 16.5 Å². The lowest BCUT2D eigenvalue weighted by molar-refractivity contribution is 0.153. The van der Waals surface area contributed by atoms with Crippen LogP contribution in [0.4, 0.5) is 5.95 Å². The molecule has 0 bridgehead atoms. The number of piperidine rings is 1. The van der Waals surface area contributed by atoms with Crippen molar-refractivity contribution in [3.05, 3.63) is 10.6 Å². The molecule has 1 unspecified atom stereocenters. The number of anilines is 1. The van der Waals surface area contributed by atoms with Gasteiger partial charge in [0.05, 0.1) is 6.10 Å². The van der Waals surface area contributed by atoms with Gasteiger partial charge < -0.3 is 10.0 Å². The fraction of sp³-hybridized carbons (Fsp3) is 0.625. The summed E-state index contributed by atoms with van der Waals surface area (Å²) in [7, 11) is 0. The maximum absolute atomic E-state index is 9.50. The SMILES string of the molecule is OC1CCCN(c2nc(Cl)nc(Cl)n2)C1. The number of aromatic nitrogens is 3. The van der Waals surface area contributed by atoms with E-state index in [2.05, 4.69) is 15.0 Å². The number of halogens is 2. The Hall–Kier alpha value is -0.650. The van der Waals surface area contributed by atoms with Crippen LogP contribution < -0.4 is 4.90 Å². The number of β-amino-alcohol motifs (C(OH)–C–C–N with tert-alkyl or cyclic N) is 1. The molecule has 1 aromatic heterocycles. The van der Waals surface area contributed by atoms with Crippen molar-refractivity contribution in [1.29, 1.82) is 0 Å². The van der Waals surface area contributed by atoms with Crippen LogP contribution in [-0.2, 0) is 0 Å². The van der Waals surface area contributed by atoms with Crippen molar-refractivity contribution in [3.8, 4) is 0 Å². The van der Waals surface area contributed by atoms with E-state index in [4.69, 9.17) is 23.2 Å². The van der Waals surface area contributed by atoms with Gasteiger partial charge in [-0.05, 0) is 36.0 Å². The minimum absolute atomic E-state index is 0.0741. The van der Waals surface area contributed by atoms with Crippen molar-refractivity contribution in [1.82, 2.24) is 15.0 Å². The van der Waals surface area contributed by atoms with Crippen molar-refractivity contribution in [3.63, 3.8) is 0 Å². The summed E-state index contributed by atoms with van der Waals surface area (Å²) in [6, 6.07) is 0. The summed E-state index contributed by atoms with van der Waals surface area (Å²) in [6.07, 6.45) is 1.37. The van der Waals surface area contributed by atoms with Gasteiger partial charge >= 0.3 is 0 Å². The molecule has 0 saturated carbocycles. The maximum Gasteiger partial charge on any atom is 0.231 e. The third kappa shape index (κ3) is 2.68. The molecular formula is C8H10Cl2N4O. The predicted octanol–water partition coefficient (Wildman–Crippen LogP) is 1.14. The second-order valence-electron chi connectivity index (χ2n) is 3.42. The van der Waals surface area contributed by atoms with Crippen LogP contribution in [0.15, 0.2) is 0 Å². The molecule has 1 aromatic rings. The smallest absolute Gasteiger partial charge is 0.231 e. The number of hydrogen-bond donors (Lipinski definition) is 1. The van der Waals surface area contributed by atoms with Crippen molar-refractivity contribution < 1.29 is 5.11 Å². The first-order valence-corrected chi connectivity index (χ1v) is 5.41. The molecule has 15 heavy (non-hydrogen) atoms. The zero-order valence-electron chi connectivity index (χ0n) is 7.90. The zero-order chi connectivity index (χ0) is 10.8. The first kappa shape index (κ1) is 10.9. The summed E-state index contributed by atoms with van der Waals surface area (Å²) in [5, 5.41) is 9.65. The molecule has 1 saturated heterocycles. The molecule has 2 rings (SSSR count). The van der Waals surface area contributed by atoms with Crippen LogP contribution in [0.5, 0.6) is 0 Å². The molecule has 1 aliphatic heterocycles. The summed E-state index contributed by atoms with van der Waals surface area (Å²) < 4.78 is 0. The van der Waals surface area contributed by atoms with E-state index in [-0.39, 0.29) is 16.7 Å². The number of aliphatic hydroxyl groups is 1. The first-order valence-electron chi connectivity index (χ1n) is 4.65. The Morgan fingerprint density at radius 3 is 2.47 bits per heavy atom. The van der Waals surface area contributed by atoms with Gasteiger partial charge in [-0.15, -0.1) is 0 Å². The molecule has 1 N–H and O–H groups in total. The summed E-state index contributed by atoms with van der Waals surface area (Å²) in [5.41, 5.74) is 0. The molecule has 7 heteroatoms. The fourth-order valence-corrected chi connectivity index (χ4v) is 1.95. The molecule has 0 spiro atoms. The molecule has 1 aliphatic rings. The molecule has 5 nitrogen and oxygen atoms in total. The molecule has 82 valence electrons. The van der Waals surface area contributed by atoms with Gasteiger partial charge in [-0.3, -0.25) is 0 Å². The first-order chi connectivity index (χ1) is 7.15. The van der Waals surface area contributed by atoms with Crippen LogP contribution in [0.1, 0.15) is 12.8 Å². The van der Waals surface area contributed by atoms with Gasteiger partial charge in [-0.2, -0.15) is 15.0 Å². The fourth-order valence-electron chi connectivity index (χ4n) is 1.59.